The van der Waals surface area contributed by atoms with Crippen LogP contribution in [0.1, 0.15) is 27.3 Å². The van der Waals surface area contributed by atoms with Crippen molar-refractivity contribution < 1.29 is 4.79 Å². The van der Waals surface area contributed by atoms with E-state index in [1.807, 2.05) is 56.4 Å². The summed E-state index contributed by atoms with van der Waals surface area (Å²) in [5.41, 5.74) is 5.76. The maximum absolute atomic E-state index is 12.5. The molecular weight excluding hydrogens is 338 g/mol. The van der Waals surface area contributed by atoms with Gasteiger partial charge in [-0.1, -0.05) is 18.2 Å². The Bertz CT molecular complexity index is 1120. The molecule has 0 spiro atoms. The third kappa shape index (κ3) is 3.55. The number of nitrogens with zero attached hydrogens (tertiary/aromatic N) is 4. The minimum atomic E-state index is -0.149. The number of amides is 1. The minimum Gasteiger partial charge on any atom is -0.348 e. The Kier molecular flexibility index (Phi) is 4.38. The molecule has 0 aliphatic rings. The zero-order chi connectivity index (χ0) is 18.8. The Morgan fingerprint density at radius 1 is 1.00 bits per heavy atom. The molecule has 6 nitrogen and oxygen atoms in total. The average Bonchev–Trinajstić information content (AvgIpc) is 3.16. The summed E-state index contributed by atoms with van der Waals surface area (Å²) in [5.74, 6) is -0.149. The van der Waals surface area contributed by atoms with Crippen molar-refractivity contribution in [1.82, 2.24) is 25.1 Å². The molecule has 2 aromatic carbocycles. The monoisotopic (exact) mass is 357 g/mol. The van der Waals surface area contributed by atoms with E-state index < -0.39 is 0 Å². The van der Waals surface area contributed by atoms with E-state index in [1.54, 1.807) is 23.0 Å². The molecule has 27 heavy (non-hydrogen) atoms. The zero-order valence-electron chi connectivity index (χ0n) is 15.2. The van der Waals surface area contributed by atoms with E-state index in [0.717, 1.165) is 33.7 Å². The number of para-hydroxylation sites is 1. The van der Waals surface area contributed by atoms with E-state index in [-0.39, 0.29) is 5.91 Å². The van der Waals surface area contributed by atoms with Gasteiger partial charge in [0.1, 0.15) is 0 Å². The predicted octanol–water partition coefficient (Wildman–Crippen LogP) is 3.36. The van der Waals surface area contributed by atoms with Crippen LogP contribution in [0.25, 0.3) is 16.7 Å². The second-order valence-corrected chi connectivity index (χ2v) is 6.41. The molecule has 0 aliphatic heterocycles. The third-order valence-electron chi connectivity index (χ3n) is 4.45. The van der Waals surface area contributed by atoms with Crippen LogP contribution in [0, 0.1) is 13.8 Å². The van der Waals surface area contributed by atoms with Gasteiger partial charge in [-0.25, -0.2) is 14.6 Å². The SMILES string of the molecule is Cc1nc2ccc(C(=O)NCc3cnn(-c4ccccc4)c3)cc2nc1C. The lowest BCUT2D eigenvalue weighted by Gasteiger charge is -2.06. The molecular formula is C21H19N5O. The predicted molar refractivity (Wildman–Crippen MR) is 104 cm³/mol. The first-order valence-corrected chi connectivity index (χ1v) is 8.72. The number of aryl methyl sites for hydroxylation is 2. The molecule has 0 saturated carbocycles. The standard InChI is InChI=1S/C21H19N5O/c1-14-15(2)25-20-10-17(8-9-19(20)24-14)21(27)22-11-16-12-23-26(13-16)18-6-4-3-5-7-18/h3-10,12-13H,11H2,1-2H3,(H,22,27). The maximum atomic E-state index is 12.5. The fourth-order valence-corrected chi connectivity index (χ4v) is 2.83. The summed E-state index contributed by atoms with van der Waals surface area (Å²) < 4.78 is 1.79. The summed E-state index contributed by atoms with van der Waals surface area (Å²) in [6, 6.07) is 15.2. The third-order valence-corrected chi connectivity index (χ3v) is 4.45. The van der Waals surface area contributed by atoms with Gasteiger partial charge in [0.05, 0.1) is 34.3 Å². The molecule has 0 aliphatic carbocycles. The van der Waals surface area contributed by atoms with Gasteiger partial charge in [0.2, 0.25) is 0 Å². The first kappa shape index (κ1) is 16.9. The van der Waals surface area contributed by atoms with Crippen molar-refractivity contribution in [2.24, 2.45) is 0 Å². The van der Waals surface area contributed by atoms with Gasteiger partial charge in [-0.15, -0.1) is 0 Å². The molecule has 0 unspecified atom stereocenters. The molecule has 134 valence electrons. The zero-order valence-corrected chi connectivity index (χ0v) is 15.2. The molecule has 1 N–H and O–H groups in total. The van der Waals surface area contributed by atoms with Crippen LogP contribution in [0.15, 0.2) is 60.9 Å². The first-order chi connectivity index (χ1) is 13.1. The number of benzene rings is 2. The quantitative estimate of drug-likeness (QED) is 0.608. The van der Waals surface area contributed by atoms with E-state index in [2.05, 4.69) is 20.4 Å². The second kappa shape index (κ2) is 6.99. The summed E-state index contributed by atoms with van der Waals surface area (Å²) >= 11 is 0. The fraction of sp³-hybridized carbons (Fsp3) is 0.143. The largest absolute Gasteiger partial charge is 0.348 e. The van der Waals surface area contributed by atoms with Crippen LogP contribution in [0.3, 0.4) is 0 Å². The highest BCUT2D eigenvalue weighted by molar-refractivity contribution is 5.97. The summed E-state index contributed by atoms with van der Waals surface area (Å²) in [6.07, 6.45) is 3.67. The summed E-state index contributed by atoms with van der Waals surface area (Å²) in [4.78, 5) is 21.5. The van der Waals surface area contributed by atoms with Gasteiger partial charge in [-0.2, -0.15) is 5.10 Å². The van der Waals surface area contributed by atoms with Crippen LogP contribution < -0.4 is 5.32 Å². The van der Waals surface area contributed by atoms with Gasteiger partial charge >= 0.3 is 0 Å². The Hall–Kier alpha value is -3.54. The Morgan fingerprint density at radius 2 is 1.74 bits per heavy atom. The molecule has 0 bridgehead atoms. The number of aromatic nitrogens is 4. The van der Waals surface area contributed by atoms with Crippen molar-refractivity contribution in [3.63, 3.8) is 0 Å². The van der Waals surface area contributed by atoms with Crippen LogP contribution >= 0.6 is 0 Å². The highest BCUT2D eigenvalue weighted by atomic mass is 16.1. The van der Waals surface area contributed by atoms with Crippen molar-refractivity contribution in [2.45, 2.75) is 20.4 Å². The molecule has 1 amide bonds. The fourth-order valence-electron chi connectivity index (χ4n) is 2.83. The smallest absolute Gasteiger partial charge is 0.251 e. The lowest BCUT2D eigenvalue weighted by molar-refractivity contribution is 0.0951. The maximum Gasteiger partial charge on any atom is 0.251 e. The van der Waals surface area contributed by atoms with Gasteiger partial charge in [-0.3, -0.25) is 4.79 Å². The van der Waals surface area contributed by atoms with E-state index in [9.17, 15) is 4.79 Å². The van der Waals surface area contributed by atoms with Crippen LogP contribution in [0.4, 0.5) is 0 Å². The molecule has 0 saturated heterocycles. The van der Waals surface area contributed by atoms with Crippen molar-refractivity contribution in [2.75, 3.05) is 0 Å². The highest BCUT2D eigenvalue weighted by Crippen LogP contribution is 2.15. The number of hydrogen-bond donors (Lipinski definition) is 1. The Labute approximate surface area is 156 Å². The second-order valence-electron chi connectivity index (χ2n) is 6.41. The van der Waals surface area contributed by atoms with Gasteiger partial charge < -0.3 is 5.32 Å². The van der Waals surface area contributed by atoms with Crippen molar-refractivity contribution >= 4 is 16.9 Å². The average molecular weight is 357 g/mol. The number of carbonyl (C=O) groups excluding carboxylic acids is 1. The molecule has 4 rings (SSSR count). The molecule has 0 fully saturated rings. The van der Waals surface area contributed by atoms with Gasteiger partial charge in [0, 0.05) is 23.9 Å². The highest BCUT2D eigenvalue weighted by Gasteiger charge is 2.09. The number of hydrogen-bond acceptors (Lipinski definition) is 4. The summed E-state index contributed by atoms with van der Waals surface area (Å²) in [7, 11) is 0. The summed E-state index contributed by atoms with van der Waals surface area (Å²) in [6.45, 7) is 4.25. The van der Waals surface area contributed by atoms with Gasteiger partial charge in [-0.05, 0) is 44.2 Å². The van der Waals surface area contributed by atoms with Crippen molar-refractivity contribution in [3.05, 3.63) is 83.4 Å². The lowest BCUT2D eigenvalue weighted by Crippen LogP contribution is -2.22. The number of carbonyl (C=O) groups is 1. The van der Waals surface area contributed by atoms with Crippen LogP contribution in [0.2, 0.25) is 0 Å². The van der Waals surface area contributed by atoms with E-state index >= 15 is 0 Å². The molecule has 0 atom stereocenters. The first-order valence-electron chi connectivity index (χ1n) is 8.72. The number of fused-ring (bicyclic) bond motifs is 1. The van der Waals surface area contributed by atoms with Crippen LogP contribution in [-0.4, -0.2) is 25.7 Å². The van der Waals surface area contributed by atoms with Crippen molar-refractivity contribution in [3.8, 4) is 5.69 Å². The molecule has 2 aromatic heterocycles. The molecule has 0 radical (unpaired) electrons. The molecule has 4 aromatic rings. The Balaban J connectivity index is 1.47. The number of rotatable bonds is 4. The topological polar surface area (TPSA) is 72.7 Å². The number of nitrogens with one attached hydrogen (secondary N) is 1. The van der Waals surface area contributed by atoms with Crippen molar-refractivity contribution in [1.29, 1.82) is 0 Å². The van der Waals surface area contributed by atoms with Crippen LogP contribution in [0.5, 0.6) is 0 Å². The Morgan fingerprint density at radius 3 is 2.52 bits per heavy atom. The van der Waals surface area contributed by atoms with Gasteiger partial charge in [0.25, 0.3) is 5.91 Å². The molecule has 2 heterocycles. The normalized spacial score (nSPS) is 10.9. The minimum absolute atomic E-state index is 0.149. The summed E-state index contributed by atoms with van der Waals surface area (Å²) in [5, 5.41) is 7.27. The van der Waals surface area contributed by atoms with E-state index in [0.29, 0.717) is 12.1 Å². The van der Waals surface area contributed by atoms with E-state index in [1.165, 1.54) is 0 Å². The van der Waals surface area contributed by atoms with E-state index in [4.69, 9.17) is 0 Å². The molecule has 6 heteroatoms. The van der Waals surface area contributed by atoms with Gasteiger partial charge in [0.15, 0.2) is 0 Å². The van der Waals surface area contributed by atoms with Crippen LogP contribution in [-0.2, 0) is 6.54 Å². The lowest BCUT2D eigenvalue weighted by atomic mass is 10.1.